The zero-order valence-corrected chi connectivity index (χ0v) is 13.7. The third-order valence-electron chi connectivity index (χ3n) is 3.40. The Balaban J connectivity index is 0.000000368. The Labute approximate surface area is 140 Å². The van der Waals surface area contributed by atoms with Crippen LogP contribution >= 0.6 is 0 Å². The summed E-state index contributed by atoms with van der Waals surface area (Å²) in [6.07, 6.45) is 0. The summed E-state index contributed by atoms with van der Waals surface area (Å²) in [6, 6.07) is 21.5. The summed E-state index contributed by atoms with van der Waals surface area (Å²) in [5, 5.41) is 2.13. The number of rotatable bonds is 2. The molecule has 0 unspecified atom stereocenters. The smallest absolute Gasteiger partial charge is 0.289 e. The molecule has 5 nitrogen and oxygen atoms in total. The van der Waals surface area contributed by atoms with Gasteiger partial charge in [0.05, 0.1) is 0 Å². The third kappa shape index (κ3) is 4.73. The lowest BCUT2D eigenvalue weighted by Crippen LogP contribution is -2.04. The monoisotopic (exact) mass is 344 g/mol. The fraction of sp³-hybridized carbons (Fsp3) is 0.0556. The maximum absolute atomic E-state index is 12.7. The van der Waals surface area contributed by atoms with E-state index in [2.05, 4.69) is 6.07 Å². The molecule has 0 aromatic heterocycles. The third-order valence-corrected chi connectivity index (χ3v) is 3.40. The lowest BCUT2D eigenvalue weighted by atomic mass is 9.93. The molecule has 124 valence electrons. The Morgan fingerprint density at radius 1 is 0.833 bits per heavy atom. The molecule has 3 aromatic rings. The minimum Gasteiger partial charge on any atom is -0.289 e. The van der Waals surface area contributed by atoms with Gasteiger partial charge in [0.2, 0.25) is 0 Å². The molecule has 0 saturated heterocycles. The first-order valence-corrected chi connectivity index (χ1v) is 8.45. The predicted octanol–water partition coefficient (Wildman–Crippen LogP) is 3.73. The van der Waals surface area contributed by atoms with E-state index in [1.165, 1.54) is 0 Å². The van der Waals surface area contributed by atoms with Gasteiger partial charge in [-0.1, -0.05) is 66.7 Å². The molecule has 0 aliphatic rings. The van der Waals surface area contributed by atoms with Crippen LogP contribution in [0.4, 0.5) is 0 Å². The highest BCUT2D eigenvalue weighted by molar-refractivity contribution is 7.79. The van der Waals surface area contributed by atoms with Crippen molar-refractivity contribution < 1.29 is 22.3 Å². The van der Waals surface area contributed by atoms with Crippen molar-refractivity contribution in [2.45, 2.75) is 6.92 Å². The van der Waals surface area contributed by atoms with Gasteiger partial charge in [0.1, 0.15) is 0 Å². The van der Waals surface area contributed by atoms with E-state index < -0.39 is 10.4 Å². The molecule has 0 aliphatic heterocycles. The van der Waals surface area contributed by atoms with Gasteiger partial charge in [-0.3, -0.25) is 13.9 Å². The minimum absolute atomic E-state index is 0.0925. The minimum atomic E-state index is -4.67. The maximum atomic E-state index is 12.7. The summed E-state index contributed by atoms with van der Waals surface area (Å²) >= 11 is 0. The standard InChI is InChI=1S/C18H14O.H2O4S/c1-13-11-12-14-7-5-6-10-16(14)17(13)18(19)15-8-3-2-4-9-15;1-5(2,3)4/h2-12H,1H3;(H2,1,2,3,4). The molecule has 0 saturated carbocycles. The SMILES string of the molecule is Cc1ccc2ccccc2c1C(=O)c1ccccc1.O=S(=O)(O)O. The molecule has 6 heteroatoms. The van der Waals surface area contributed by atoms with Crippen molar-refractivity contribution in [3.8, 4) is 0 Å². The molecule has 0 bridgehead atoms. The molecule has 24 heavy (non-hydrogen) atoms. The largest absolute Gasteiger partial charge is 0.394 e. The van der Waals surface area contributed by atoms with Crippen molar-refractivity contribution in [2.75, 3.05) is 0 Å². The van der Waals surface area contributed by atoms with E-state index in [9.17, 15) is 4.79 Å². The van der Waals surface area contributed by atoms with Gasteiger partial charge in [-0.25, -0.2) is 0 Å². The highest BCUT2D eigenvalue weighted by atomic mass is 32.3. The predicted molar refractivity (Wildman–Crippen MR) is 92.7 cm³/mol. The molecule has 0 aliphatic carbocycles. The maximum Gasteiger partial charge on any atom is 0.394 e. The van der Waals surface area contributed by atoms with E-state index in [1.807, 2.05) is 67.6 Å². The first-order chi connectivity index (χ1) is 11.3. The van der Waals surface area contributed by atoms with Crippen LogP contribution in [0.15, 0.2) is 66.7 Å². The van der Waals surface area contributed by atoms with Crippen LogP contribution in [-0.2, 0) is 10.4 Å². The van der Waals surface area contributed by atoms with Crippen molar-refractivity contribution in [3.05, 3.63) is 83.4 Å². The Hall–Kier alpha value is -2.54. The van der Waals surface area contributed by atoms with Gasteiger partial charge < -0.3 is 0 Å². The topological polar surface area (TPSA) is 91.7 Å². The van der Waals surface area contributed by atoms with E-state index in [0.717, 1.165) is 27.5 Å². The normalized spacial score (nSPS) is 10.8. The zero-order chi connectivity index (χ0) is 17.7. The fourth-order valence-corrected chi connectivity index (χ4v) is 2.42. The molecule has 3 rings (SSSR count). The van der Waals surface area contributed by atoms with Crippen molar-refractivity contribution in [1.29, 1.82) is 0 Å². The van der Waals surface area contributed by atoms with Gasteiger partial charge in [0.15, 0.2) is 5.78 Å². The van der Waals surface area contributed by atoms with Gasteiger partial charge in [-0.05, 0) is 23.3 Å². The first-order valence-electron chi connectivity index (χ1n) is 7.05. The number of carbonyl (C=O) groups is 1. The molecule has 0 atom stereocenters. The van der Waals surface area contributed by atoms with E-state index in [0.29, 0.717) is 0 Å². The Kier molecular flexibility index (Phi) is 5.46. The summed E-state index contributed by atoms with van der Waals surface area (Å²) in [5.74, 6) is 0.0925. The van der Waals surface area contributed by atoms with Crippen LogP contribution in [0.1, 0.15) is 21.5 Å². The zero-order valence-electron chi connectivity index (χ0n) is 12.9. The number of ketones is 1. The summed E-state index contributed by atoms with van der Waals surface area (Å²) < 4.78 is 31.6. The average Bonchev–Trinajstić information content (AvgIpc) is 2.53. The van der Waals surface area contributed by atoms with E-state index in [4.69, 9.17) is 17.5 Å². The lowest BCUT2D eigenvalue weighted by molar-refractivity contribution is 0.103. The second-order valence-corrected chi connectivity index (χ2v) is 6.02. The molecule has 0 radical (unpaired) electrons. The number of benzene rings is 3. The molecule has 0 heterocycles. The van der Waals surface area contributed by atoms with Gasteiger partial charge >= 0.3 is 10.4 Å². The fourth-order valence-electron chi connectivity index (χ4n) is 2.42. The van der Waals surface area contributed by atoms with Crippen molar-refractivity contribution >= 4 is 27.0 Å². The number of hydrogen-bond acceptors (Lipinski definition) is 3. The molecule has 0 amide bonds. The van der Waals surface area contributed by atoms with Gasteiger partial charge in [0.25, 0.3) is 0 Å². The number of aryl methyl sites for hydroxylation is 1. The Morgan fingerprint density at radius 2 is 1.38 bits per heavy atom. The second kappa shape index (κ2) is 7.35. The summed E-state index contributed by atoms with van der Waals surface area (Å²) in [7, 11) is -4.67. The molecule has 0 spiro atoms. The average molecular weight is 344 g/mol. The quantitative estimate of drug-likeness (QED) is 0.546. The van der Waals surface area contributed by atoms with Crippen LogP contribution in [0.5, 0.6) is 0 Å². The van der Waals surface area contributed by atoms with Crippen LogP contribution in [0.2, 0.25) is 0 Å². The van der Waals surface area contributed by atoms with Gasteiger partial charge in [0, 0.05) is 11.1 Å². The van der Waals surface area contributed by atoms with E-state index >= 15 is 0 Å². The van der Waals surface area contributed by atoms with E-state index in [-0.39, 0.29) is 5.78 Å². The molecular formula is C18H16O5S. The van der Waals surface area contributed by atoms with Crippen LogP contribution in [0.25, 0.3) is 10.8 Å². The summed E-state index contributed by atoms with van der Waals surface area (Å²) in [4.78, 5) is 12.7. The second-order valence-electron chi connectivity index (χ2n) is 5.12. The number of fused-ring (bicyclic) bond motifs is 1. The van der Waals surface area contributed by atoms with Crippen molar-refractivity contribution in [1.82, 2.24) is 0 Å². The lowest BCUT2D eigenvalue weighted by Gasteiger charge is -2.09. The van der Waals surface area contributed by atoms with Crippen molar-refractivity contribution in [3.63, 3.8) is 0 Å². The summed E-state index contributed by atoms with van der Waals surface area (Å²) in [5.41, 5.74) is 2.57. The molecular weight excluding hydrogens is 328 g/mol. The highest BCUT2D eigenvalue weighted by Gasteiger charge is 2.14. The van der Waals surface area contributed by atoms with Crippen LogP contribution in [-0.4, -0.2) is 23.3 Å². The number of hydrogen-bond donors (Lipinski definition) is 2. The highest BCUT2D eigenvalue weighted by Crippen LogP contribution is 2.24. The Bertz CT molecular complexity index is 955. The number of carbonyl (C=O) groups excluding carboxylic acids is 1. The van der Waals surface area contributed by atoms with Gasteiger partial charge in [-0.2, -0.15) is 8.42 Å². The van der Waals surface area contributed by atoms with Crippen molar-refractivity contribution in [2.24, 2.45) is 0 Å². The summed E-state index contributed by atoms with van der Waals surface area (Å²) in [6.45, 7) is 1.99. The van der Waals surface area contributed by atoms with Crippen LogP contribution in [0, 0.1) is 6.92 Å². The van der Waals surface area contributed by atoms with Crippen LogP contribution < -0.4 is 0 Å². The molecule has 3 aromatic carbocycles. The molecule has 2 N–H and O–H groups in total. The van der Waals surface area contributed by atoms with Gasteiger partial charge in [-0.15, -0.1) is 0 Å². The first kappa shape index (κ1) is 17.8. The van der Waals surface area contributed by atoms with E-state index in [1.54, 1.807) is 0 Å². The van der Waals surface area contributed by atoms with Crippen LogP contribution in [0.3, 0.4) is 0 Å². The molecule has 0 fully saturated rings. The Morgan fingerprint density at radius 3 is 2.00 bits per heavy atom.